The highest BCUT2D eigenvalue weighted by molar-refractivity contribution is 7.17. The summed E-state index contributed by atoms with van der Waals surface area (Å²) < 4.78 is 1.93. The Balaban J connectivity index is 0.954. The molecular formula is C42H45ClN10O3S. The molecule has 294 valence electrons. The lowest BCUT2D eigenvalue weighted by molar-refractivity contribution is -0.121. The van der Waals surface area contributed by atoms with Crippen LogP contribution in [0.15, 0.2) is 59.9 Å². The van der Waals surface area contributed by atoms with E-state index >= 15 is 0 Å². The fourth-order valence-electron chi connectivity index (χ4n) is 7.55. The number of aromatic nitrogens is 2. The van der Waals surface area contributed by atoms with Crippen LogP contribution in [0.5, 0.6) is 0 Å². The van der Waals surface area contributed by atoms with Gasteiger partial charge in [-0.05, 0) is 55.2 Å². The zero-order valence-electron chi connectivity index (χ0n) is 32.3. The third kappa shape index (κ3) is 8.62. The van der Waals surface area contributed by atoms with E-state index in [9.17, 15) is 14.4 Å². The van der Waals surface area contributed by atoms with Crippen molar-refractivity contribution in [3.05, 3.63) is 104 Å². The van der Waals surface area contributed by atoms with Crippen LogP contribution in [0.1, 0.15) is 68.4 Å². The van der Waals surface area contributed by atoms with Crippen molar-refractivity contribution < 1.29 is 14.4 Å². The summed E-state index contributed by atoms with van der Waals surface area (Å²) >= 11 is 7.65. The summed E-state index contributed by atoms with van der Waals surface area (Å²) in [7, 11) is 1.56. The van der Waals surface area contributed by atoms with Crippen molar-refractivity contribution in [2.75, 3.05) is 51.2 Å². The molecule has 0 spiro atoms. The molecular weight excluding hydrogens is 760 g/mol. The van der Waals surface area contributed by atoms with Crippen molar-refractivity contribution in [2.45, 2.75) is 52.4 Å². The van der Waals surface area contributed by atoms with Gasteiger partial charge in [-0.15, -0.1) is 11.3 Å². The van der Waals surface area contributed by atoms with Crippen LogP contribution in [-0.2, 0) is 29.2 Å². The van der Waals surface area contributed by atoms with Gasteiger partial charge >= 0.3 is 0 Å². The van der Waals surface area contributed by atoms with Crippen LogP contribution in [0.2, 0.25) is 5.02 Å². The Kier molecular flexibility index (Phi) is 12.1. The molecule has 2 aromatic heterocycles. The van der Waals surface area contributed by atoms with E-state index in [-0.39, 0.29) is 36.5 Å². The van der Waals surface area contributed by atoms with Crippen LogP contribution in [-0.4, -0.2) is 112 Å². The van der Waals surface area contributed by atoms with Gasteiger partial charge in [0.25, 0.3) is 5.91 Å². The van der Waals surface area contributed by atoms with E-state index in [2.05, 4.69) is 38.1 Å². The second-order valence-electron chi connectivity index (χ2n) is 14.4. The normalized spacial score (nSPS) is 16.3. The number of aliphatic imine (C=N–C) groups is 1. The molecule has 2 amide bonds. The number of nitrogens with one attached hydrogen (secondary N) is 3. The topological polar surface area (TPSA) is 154 Å². The van der Waals surface area contributed by atoms with Gasteiger partial charge in [0.1, 0.15) is 23.0 Å². The Morgan fingerprint density at radius 2 is 1.84 bits per heavy atom. The molecule has 4 aromatic rings. The van der Waals surface area contributed by atoms with E-state index < -0.39 is 6.04 Å². The Morgan fingerprint density at radius 1 is 1.09 bits per heavy atom. The van der Waals surface area contributed by atoms with E-state index in [1.54, 1.807) is 30.0 Å². The molecule has 3 aliphatic heterocycles. The van der Waals surface area contributed by atoms with Gasteiger partial charge in [-0.2, -0.15) is 5.10 Å². The lowest BCUT2D eigenvalue weighted by atomic mass is 9.99. The maximum absolute atomic E-state index is 13.3. The number of fused-ring (bicyclic) bond motifs is 2. The number of aldehydes is 1. The smallest absolute Gasteiger partial charge is 0.255 e. The van der Waals surface area contributed by atoms with E-state index in [0.717, 1.165) is 101 Å². The third-order valence-electron chi connectivity index (χ3n) is 10.7. The molecule has 0 aliphatic carbocycles. The van der Waals surface area contributed by atoms with Gasteiger partial charge in [-0.1, -0.05) is 47.7 Å². The number of amidine groups is 2. The number of amides is 2. The molecule has 15 heteroatoms. The number of benzene rings is 2. The summed E-state index contributed by atoms with van der Waals surface area (Å²) in [6.07, 6.45) is 5.02. The third-order valence-corrected chi connectivity index (χ3v) is 12.2. The van der Waals surface area contributed by atoms with Crippen molar-refractivity contribution >= 4 is 63.4 Å². The van der Waals surface area contributed by atoms with Crippen LogP contribution in [0.25, 0.3) is 0 Å². The second-order valence-corrected chi connectivity index (χ2v) is 15.9. The summed E-state index contributed by atoms with van der Waals surface area (Å²) in [5.74, 6) is 6.83. The molecule has 3 N–H and O–H groups in total. The average Bonchev–Trinajstić information content (AvgIpc) is 3.87. The molecule has 0 bridgehead atoms. The molecule has 1 unspecified atom stereocenters. The molecule has 0 saturated carbocycles. The number of piperazine rings is 1. The van der Waals surface area contributed by atoms with E-state index in [4.69, 9.17) is 27.4 Å². The summed E-state index contributed by atoms with van der Waals surface area (Å²) in [5.41, 5.74) is 7.01. The molecule has 5 heterocycles. The second kappa shape index (κ2) is 17.4. The van der Waals surface area contributed by atoms with Crippen molar-refractivity contribution in [1.82, 2.24) is 29.8 Å². The van der Waals surface area contributed by atoms with Crippen LogP contribution in [0, 0.1) is 29.6 Å². The predicted molar refractivity (Wildman–Crippen MR) is 224 cm³/mol. The number of thiophene rings is 1. The SMILES string of the molecule is CNC(=O)CCC(C=O)N1Cc2c(CN3CCN(CCn4cc(C#Cc5sc6c(c5C)C(c5ccc(Cl)cc5)=NCC(=N)N6C(C)=N)cn4)CC3)cccc2C1=O. The van der Waals surface area contributed by atoms with Gasteiger partial charge in [0.2, 0.25) is 5.91 Å². The maximum Gasteiger partial charge on any atom is 0.255 e. The first-order chi connectivity index (χ1) is 27.5. The summed E-state index contributed by atoms with van der Waals surface area (Å²) in [6.45, 7) is 10.2. The quantitative estimate of drug-likeness (QED) is 0.0852. The number of rotatable bonds is 11. The Bertz CT molecular complexity index is 2310. The van der Waals surface area contributed by atoms with Crippen molar-refractivity contribution in [1.29, 1.82) is 10.8 Å². The zero-order valence-corrected chi connectivity index (χ0v) is 33.8. The highest BCUT2D eigenvalue weighted by atomic mass is 35.5. The molecule has 57 heavy (non-hydrogen) atoms. The fraction of sp³-hybridized carbons (Fsp3) is 0.357. The van der Waals surface area contributed by atoms with Gasteiger partial charge in [0.15, 0.2) is 0 Å². The molecule has 0 radical (unpaired) electrons. The molecule has 2 aromatic carbocycles. The average molecular weight is 805 g/mol. The highest BCUT2D eigenvalue weighted by Gasteiger charge is 2.35. The van der Waals surface area contributed by atoms with Crippen LogP contribution < -0.4 is 10.2 Å². The number of anilines is 1. The van der Waals surface area contributed by atoms with Gasteiger partial charge < -0.3 is 15.0 Å². The van der Waals surface area contributed by atoms with Gasteiger partial charge in [0, 0.05) is 87.2 Å². The maximum atomic E-state index is 13.3. The van der Waals surface area contributed by atoms with E-state index in [0.29, 0.717) is 23.6 Å². The minimum atomic E-state index is -0.636. The standard InChI is InChI=1S/C42H45ClN10O3S/c1-27-36(57-42-39(27)40(30-8-10-32(43)11-9-30)47-22-37(45)53(42)28(2)44)13-7-29-21-48-51(23-29)20-19-49-15-17-50(18-16-49)24-31-5-4-6-34-35(31)25-52(41(34)56)33(26-54)12-14-38(55)46-3/h4-6,8-11,21,23,26,33,44-45H,12,14-20,22,24-25H2,1-3H3,(H,46,55). The number of hydrogen-bond donors (Lipinski definition) is 3. The van der Waals surface area contributed by atoms with Crippen molar-refractivity contribution in [3.8, 4) is 11.8 Å². The lowest BCUT2D eigenvalue weighted by Crippen LogP contribution is -2.46. The van der Waals surface area contributed by atoms with E-state index in [1.807, 2.05) is 54.2 Å². The Labute approximate surface area is 341 Å². The number of hydrogen-bond acceptors (Lipinski definition) is 10. The molecule has 7 rings (SSSR count). The molecule has 1 fully saturated rings. The van der Waals surface area contributed by atoms with Crippen LogP contribution in [0.3, 0.4) is 0 Å². The zero-order chi connectivity index (χ0) is 40.2. The summed E-state index contributed by atoms with van der Waals surface area (Å²) in [4.78, 5) is 50.7. The monoisotopic (exact) mass is 804 g/mol. The first-order valence-electron chi connectivity index (χ1n) is 19.0. The van der Waals surface area contributed by atoms with Crippen LogP contribution >= 0.6 is 22.9 Å². The van der Waals surface area contributed by atoms with Crippen molar-refractivity contribution in [2.24, 2.45) is 4.99 Å². The number of nitrogens with zero attached hydrogens (tertiary/aromatic N) is 7. The molecule has 3 aliphatic rings. The first-order valence-corrected chi connectivity index (χ1v) is 20.2. The summed E-state index contributed by atoms with van der Waals surface area (Å²) in [5, 5.41) is 25.7. The van der Waals surface area contributed by atoms with Crippen molar-refractivity contribution in [3.63, 3.8) is 0 Å². The van der Waals surface area contributed by atoms with Gasteiger partial charge in [-0.25, -0.2) is 0 Å². The molecule has 1 saturated heterocycles. The largest absolute Gasteiger partial charge is 0.359 e. The number of carbonyl (C=O) groups excluding carboxylic acids is 3. The fourth-order valence-corrected chi connectivity index (χ4v) is 8.92. The predicted octanol–water partition coefficient (Wildman–Crippen LogP) is 4.81. The minimum Gasteiger partial charge on any atom is -0.359 e. The summed E-state index contributed by atoms with van der Waals surface area (Å²) in [6, 6.07) is 12.7. The van der Waals surface area contributed by atoms with E-state index in [1.165, 1.54) is 11.3 Å². The lowest BCUT2D eigenvalue weighted by Gasteiger charge is -2.35. The highest BCUT2D eigenvalue weighted by Crippen LogP contribution is 2.39. The van der Waals surface area contributed by atoms with Gasteiger partial charge in [0.05, 0.1) is 41.5 Å². The number of halogens is 1. The molecule has 13 nitrogen and oxygen atoms in total. The minimum absolute atomic E-state index is 0.151. The van der Waals surface area contributed by atoms with Gasteiger partial charge in [-0.3, -0.25) is 44.8 Å². The first kappa shape index (κ1) is 39.8. The number of carbonyl (C=O) groups is 3. The molecule has 1 atom stereocenters. The Morgan fingerprint density at radius 3 is 2.56 bits per heavy atom. The van der Waals surface area contributed by atoms with Crippen LogP contribution in [0.4, 0.5) is 5.00 Å². The Hall–Kier alpha value is -5.46.